The third kappa shape index (κ3) is 4.34. The summed E-state index contributed by atoms with van der Waals surface area (Å²) in [4.78, 5) is 16.3. The third-order valence-electron chi connectivity index (χ3n) is 3.60. The fraction of sp³-hybridized carbons (Fsp3) is 0.0526. The van der Waals surface area contributed by atoms with Gasteiger partial charge in [0.1, 0.15) is 17.5 Å². The Labute approximate surface area is 153 Å². The van der Waals surface area contributed by atoms with Crippen LogP contribution in [0.25, 0.3) is 0 Å². The molecular weight excluding hydrogens is 360 g/mol. The van der Waals surface area contributed by atoms with E-state index in [2.05, 4.69) is 15.6 Å². The largest absolute Gasteiger partial charge is 0.380 e. The number of anilines is 2. The van der Waals surface area contributed by atoms with Gasteiger partial charge in [-0.15, -0.1) is 0 Å². The molecule has 132 valence electrons. The summed E-state index contributed by atoms with van der Waals surface area (Å²) in [6.07, 6.45) is 1.53. The fourth-order valence-corrected chi connectivity index (χ4v) is 2.52. The van der Waals surface area contributed by atoms with Crippen LogP contribution in [0.5, 0.6) is 0 Å². The first-order chi connectivity index (χ1) is 12.5. The molecule has 7 heteroatoms. The number of nitrogens with zero attached hydrogens (tertiary/aromatic N) is 1. The maximum absolute atomic E-state index is 13.8. The van der Waals surface area contributed by atoms with E-state index in [0.29, 0.717) is 6.54 Å². The van der Waals surface area contributed by atoms with Gasteiger partial charge in [-0.25, -0.2) is 13.8 Å². The van der Waals surface area contributed by atoms with Crippen molar-refractivity contribution in [1.82, 2.24) is 4.98 Å². The molecule has 1 aromatic heterocycles. The molecule has 0 aliphatic rings. The van der Waals surface area contributed by atoms with Crippen molar-refractivity contribution < 1.29 is 13.6 Å². The van der Waals surface area contributed by atoms with Crippen molar-refractivity contribution in [1.29, 1.82) is 0 Å². The first kappa shape index (κ1) is 17.8. The number of pyridine rings is 1. The van der Waals surface area contributed by atoms with Gasteiger partial charge in [0.05, 0.1) is 22.5 Å². The Morgan fingerprint density at radius 2 is 1.81 bits per heavy atom. The van der Waals surface area contributed by atoms with Crippen LogP contribution in [0, 0.1) is 11.6 Å². The lowest BCUT2D eigenvalue weighted by Gasteiger charge is -2.09. The lowest BCUT2D eigenvalue weighted by molar-refractivity contribution is 0.102. The summed E-state index contributed by atoms with van der Waals surface area (Å²) in [5, 5.41) is 5.66. The van der Waals surface area contributed by atoms with Crippen LogP contribution in [0.2, 0.25) is 5.02 Å². The first-order valence-corrected chi connectivity index (χ1v) is 8.10. The SMILES string of the molecule is O=C(Nc1ccc(NCc2ccc(F)cc2)cn1)c1c(F)cccc1Cl. The standard InChI is InChI=1S/C19H14ClF2N3O/c20-15-2-1-3-16(22)18(15)19(26)25-17-9-8-14(11-24-17)23-10-12-4-6-13(21)7-5-12/h1-9,11,23H,10H2,(H,24,25,26). The predicted molar refractivity (Wildman–Crippen MR) is 97.3 cm³/mol. The second kappa shape index (κ2) is 7.93. The van der Waals surface area contributed by atoms with Crippen LogP contribution in [0.3, 0.4) is 0 Å². The molecule has 2 aromatic carbocycles. The maximum atomic E-state index is 13.8. The maximum Gasteiger partial charge on any atom is 0.261 e. The summed E-state index contributed by atoms with van der Waals surface area (Å²) in [5.74, 6) is -1.40. The van der Waals surface area contributed by atoms with E-state index < -0.39 is 11.7 Å². The lowest BCUT2D eigenvalue weighted by atomic mass is 10.2. The van der Waals surface area contributed by atoms with Crippen molar-refractivity contribution >= 4 is 29.0 Å². The highest BCUT2D eigenvalue weighted by atomic mass is 35.5. The van der Waals surface area contributed by atoms with E-state index in [1.165, 1.54) is 30.5 Å². The molecule has 4 nitrogen and oxygen atoms in total. The molecule has 0 aliphatic carbocycles. The monoisotopic (exact) mass is 373 g/mol. The smallest absolute Gasteiger partial charge is 0.261 e. The van der Waals surface area contributed by atoms with E-state index >= 15 is 0 Å². The van der Waals surface area contributed by atoms with Crippen molar-refractivity contribution in [3.63, 3.8) is 0 Å². The molecule has 1 heterocycles. The highest BCUT2D eigenvalue weighted by molar-refractivity contribution is 6.34. The zero-order chi connectivity index (χ0) is 18.5. The Bertz CT molecular complexity index is 895. The highest BCUT2D eigenvalue weighted by Gasteiger charge is 2.16. The van der Waals surface area contributed by atoms with Gasteiger partial charge in [-0.05, 0) is 42.0 Å². The number of hydrogen-bond donors (Lipinski definition) is 2. The molecule has 0 aliphatic heterocycles. The second-order valence-electron chi connectivity index (χ2n) is 5.46. The van der Waals surface area contributed by atoms with Crippen molar-refractivity contribution in [2.24, 2.45) is 0 Å². The number of rotatable bonds is 5. The van der Waals surface area contributed by atoms with Gasteiger partial charge in [0.15, 0.2) is 0 Å². The predicted octanol–water partition coefficient (Wildman–Crippen LogP) is 4.88. The molecule has 0 bridgehead atoms. The quantitative estimate of drug-likeness (QED) is 0.670. The van der Waals surface area contributed by atoms with E-state index in [4.69, 9.17) is 11.6 Å². The molecule has 0 unspecified atom stereocenters. The Hall–Kier alpha value is -2.99. The number of carbonyl (C=O) groups excluding carboxylic acids is 1. The van der Waals surface area contributed by atoms with Gasteiger partial charge in [0.2, 0.25) is 0 Å². The molecule has 0 atom stereocenters. The average Bonchev–Trinajstić information content (AvgIpc) is 2.62. The molecule has 0 saturated heterocycles. The molecule has 2 N–H and O–H groups in total. The number of amides is 1. The van der Waals surface area contributed by atoms with Crippen LogP contribution in [0.4, 0.5) is 20.3 Å². The Morgan fingerprint density at radius 1 is 1.04 bits per heavy atom. The number of halogens is 3. The zero-order valence-corrected chi connectivity index (χ0v) is 14.2. The molecular formula is C19H14ClF2N3O. The minimum atomic E-state index is -0.701. The summed E-state index contributed by atoms with van der Waals surface area (Å²) >= 11 is 5.87. The summed E-state index contributed by atoms with van der Waals surface area (Å²) in [6.45, 7) is 0.499. The molecule has 0 saturated carbocycles. The van der Waals surface area contributed by atoms with Crippen LogP contribution in [0.1, 0.15) is 15.9 Å². The molecule has 1 amide bonds. The van der Waals surface area contributed by atoms with E-state index in [0.717, 1.165) is 17.3 Å². The van der Waals surface area contributed by atoms with Crippen LogP contribution in [-0.4, -0.2) is 10.9 Å². The third-order valence-corrected chi connectivity index (χ3v) is 3.92. The minimum Gasteiger partial charge on any atom is -0.380 e. The van der Waals surface area contributed by atoms with Crippen LogP contribution in [0.15, 0.2) is 60.8 Å². The van der Waals surface area contributed by atoms with Crippen LogP contribution >= 0.6 is 11.6 Å². The van der Waals surface area contributed by atoms with E-state index in [1.807, 2.05) is 0 Å². The average molecular weight is 374 g/mol. The Morgan fingerprint density at radius 3 is 2.46 bits per heavy atom. The van der Waals surface area contributed by atoms with Gasteiger partial charge >= 0.3 is 0 Å². The minimum absolute atomic E-state index is 0.0279. The number of benzene rings is 2. The summed E-state index contributed by atoms with van der Waals surface area (Å²) in [7, 11) is 0. The van der Waals surface area contributed by atoms with Gasteiger partial charge in [-0.3, -0.25) is 4.79 Å². The van der Waals surface area contributed by atoms with Gasteiger partial charge in [0.25, 0.3) is 5.91 Å². The van der Waals surface area contributed by atoms with Crippen LogP contribution in [-0.2, 0) is 6.54 Å². The van der Waals surface area contributed by atoms with Gasteiger partial charge < -0.3 is 10.6 Å². The Kier molecular flexibility index (Phi) is 5.43. The van der Waals surface area contributed by atoms with Crippen LogP contribution < -0.4 is 10.6 Å². The molecule has 3 aromatic rings. The molecule has 3 rings (SSSR count). The number of aromatic nitrogens is 1. The highest BCUT2D eigenvalue weighted by Crippen LogP contribution is 2.20. The first-order valence-electron chi connectivity index (χ1n) is 7.72. The van der Waals surface area contributed by atoms with E-state index in [-0.39, 0.29) is 22.2 Å². The zero-order valence-electron chi connectivity index (χ0n) is 13.5. The Balaban J connectivity index is 1.62. The normalized spacial score (nSPS) is 10.4. The molecule has 0 fully saturated rings. The number of hydrogen-bond acceptors (Lipinski definition) is 3. The number of carbonyl (C=O) groups is 1. The summed E-state index contributed by atoms with van der Waals surface area (Å²) in [5.41, 5.74) is 1.41. The fourth-order valence-electron chi connectivity index (χ4n) is 2.27. The molecule has 0 radical (unpaired) electrons. The van der Waals surface area contributed by atoms with Crippen molar-refractivity contribution in [2.75, 3.05) is 10.6 Å². The van der Waals surface area contributed by atoms with Gasteiger partial charge in [-0.2, -0.15) is 0 Å². The van der Waals surface area contributed by atoms with Gasteiger partial charge in [-0.1, -0.05) is 29.8 Å². The topological polar surface area (TPSA) is 54.0 Å². The van der Waals surface area contributed by atoms with Crippen molar-refractivity contribution in [2.45, 2.75) is 6.54 Å². The number of nitrogens with one attached hydrogen (secondary N) is 2. The van der Waals surface area contributed by atoms with Gasteiger partial charge in [0, 0.05) is 6.54 Å². The van der Waals surface area contributed by atoms with E-state index in [9.17, 15) is 13.6 Å². The summed E-state index contributed by atoms with van der Waals surface area (Å²) < 4.78 is 26.6. The lowest BCUT2D eigenvalue weighted by Crippen LogP contribution is -2.15. The summed E-state index contributed by atoms with van der Waals surface area (Å²) in [6, 6.07) is 13.5. The molecule has 26 heavy (non-hydrogen) atoms. The van der Waals surface area contributed by atoms with Crippen molar-refractivity contribution in [3.05, 3.63) is 88.6 Å². The van der Waals surface area contributed by atoms with E-state index in [1.54, 1.807) is 24.3 Å². The second-order valence-corrected chi connectivity index (χ2v) is 5.87. The molecule has 0 spiro atoms. The van der Waals surface area contributed by atoms with Crippen molar-refractivity contribution in [3.8, 4) is 0 Å².